The highest BCUT2D eigenvalue weighted by atomic mass is 19.4. The van der Waals surface area contributed by atoms with Crippen molar-refractivity contribution in [3.8, 4) is 44.8 Å². The average Bonchev–Trinajstić information content (AvgIpc) is 3.07. The van der Waals surface area contributed by atoms with Gasteiger partial charge in [0.25, 0.3) is 0 Å². The van der Waals surface area contributed by atoms with Gasteiger partial charge in [-0.1, -0.05) is 97.1 Å². The summed E-state index contributed by atoms with van der Waals surface area (Å²) in [7, 11) is 0. The Kier molecular flexibility index (Phi) is 7.08. The minimum absolute atomic E-state index is 0.454. The van der Waals surface area contributed by atoms with Crippen LogP contribution in [0.5, 0.6) is 0 Å². The maximum absolute atomic E-state index is 13.3. The van der Waals surface area contributed by atoms with E-state index >= 15 is 0 Å². The molecule has 7 rings (SSSR count). The summed E-state index contributed by atoms with van der Waals surface area (Å²) in [5.74, 6) is 0. The van der Waals surface area contributed by atoms with E-state index in [2.05, 4.69) is 0 Å². The first-order valence-corrected chi connectivity index (χ1v) is 14.3. The molecule has 0 aliphatic rings. The van der Waals surface area contributed by atoms with Crippen molar-refractivity contribution in [2.75, 3.05) is 0 Å². The molecule has 0 saturated carbocycles. The van der Waals surface area contributed by atoms with Crippen LogP contribution in [0.15, 0.2) is 133 Å². The summed E-state index contributed by atoms with van der Waals surface area (Å²) < 4.78 is 80.1. The molecule has 2 aromatic heterocycles. The van der Waals surface area contributed by atoms with Gasteiger partial charge in [-0.15, -0.1) is 0 Å². The lowest BCUT2D eigenvalue weighted by Crippen LogP contribution is -2.04. The fraction of sp³-hybridized carbons (Fsp3) is 0.0526. The zero-order chi connectivity index (χ0) is 32.1. The largest absolute Gasteiger partial charge is 0.416 e. The molecule has 0 spiro atoms. The molecule has 7 aromatic rings. The number of hydrogen-bond acceptors (Lipinski definition) is 2. The summed E-state index contributed by atoms with van der Waals surface area (Å²) in [4.78, 5) is 9.95. The van der Waals surface area contributed by atoms with Crippen molar-refractivity contribution in [2.24, 2.45) is 0 Å². The lowest BCUT2D eigenvalue weighted by molar-refractivity contribution is -0.138. The first-order chi connectivity index (χ1) is 22.1. The maximum atomic E-state index is 13.3. The van der Waals surface area contributed by atoms with E-state index in [1.165, 1.54) is 24.3 Å². The van der Waals surface area contributed by atoms with Gasteiger partial charge in [-0.2, -0.15) is 26.3 Å². The zero-order valence-corrected chi connectivity index (χ0v) is 23.9. The Morgan fingerprint density at radius 1 is 0.370 bits per heavy atom. The number of hydrogen-bond donors (Lipinski definition) is 0. The number of rotatable bonds is 4. The monoisotopic (exact) mass is 620 g/mol. The van der Waals surface area contributed by atoms with E-state index in [-0.39, 0.29) is 0 Å². The normalized spacial score (nSPS) is 12.1. The molecule has 5 aromatic carbocycles. The maximum Gasteiger partial charge on any atom is 0.416 e. The summed E-state index contributed by atoms with van der Waals surface area (Å²) in [5.41, 5.74) is 4.77. The molecule has 0 amide bonds. The van der Waals surface area contributed by atoms with Gasteiger partial charge in [0.1, 0.15) is 0 Å². The molecule has 0 bridgehead atoms. The standard InChI is InChI=1S/C38H22F6N2/c39-37(40,41)27-15-11-25(12-16-27)33-21-31(23-7-3-1-4-8-23)29-19-20-30-32(24-9-5-2-6-10-24)22-34(46-36(30)35(29)45-33)26-13-17-28(18-14-26)38(42,43)44/h1-22H. The highest BCUT2D eigenvalue weighted by Crippen LogP contribution is 2.40. The fourth-order valence-electron chi connectivity index (χ4n) is 5.64. The predicted molar refractivity (Wildman–Crippen MR) is 169 cm³/mol. The van der Waals surface area contributed by atoms with Gasteiger partial charge >= 0.3 is 12.4 Å². The summed E-state index contributed by atoms with van der Waals surface area (Å²) in [6.07, 6.45) is -8.96. The highest BCUT2D eigenvalue weighted by molar-refractivity contribution is 6.13. The van der Waals surface area contributed by atoms with Crippen LogP contribution in [0.1, 0.15) is 11.1 Å². The first kappa shape index (κ1) is 29.2. The molecule has 8 heteroatoms. The Balaban J connectivity index is 1.53. The number of halogens is 6. The van der Waals surface area contributed by atoms with Crippen LogP contribution in [0.4, 0.5) is 26.3 Å². The number of fused-ring (bicyclic) bond motifs is 3. The van der Waals surface area contributed by atoms with Crippen LogP contribution in [-0.2, 0) is 12.4 Å². The summed E-state index contributed by atoms with van der Waals surface area (Å²) >= 11 is 0. The molecule has 2 heterocycles. The van der Waals surface area contributed by atoms with Crippen molar-refractivity contribution in [3.63, 3.8) is 0 Å². The van der Waals surface area contributed by atoms with Gasteiger partial charge in [0.15, 0.2) is 0 Å². The second kappa shape index (κ2) is 11.1. The Bertz CT molecular complexity index is 2030. The van der Waals surface area contributed by atoms with Gasteiger partial charge in [0.2, 0.25) is 0 Å². The Hall–Kier alpha value is -5.50. The Labute approximate surface area is 259 Å². The van der Waals surface area contributed by atoms with E-state index in [1.807, 2.05) is 84.9 Å². The molecule has 0 aliphatic heterocycles. The molecule has 0 fully saturated rings. The molecular formula is C38H22F6N2. The Morgan fingerprint density at radius 3 is 1.04 bits per heavy atom. The SMILES string of the molecule is FC(F)(F)c1ccc(-c2cc(-c3ccccc3)c3ccc4c(-c5ccccc5)cc(-c5ccc(C(F)(F)F)cc5)nc4c3n2)cc1. The van der Waals surface area contributed by atoms with Crippen molar-refractivity contribution >= 4 is 21.8 Å². The Morgan fingerprint density at radius 2 is 0.717 bits per heavy atom. The van der Waals surface area contributed by atoms with Crippen molar-refractivity contribution in [3.05, 3.63) is 145 Å². The summed E-state index contributed by atoms with van der Waals surface area (Å²) in [6.45, 7) is 0. The van der Waals surface area contributed by atoms with Crippen LogP contribution < -0.4 is 0 Å². The van der Waals surface area contributed by atoms with E-state index < -0.39 is 23.5 Å². The predicted octanol–water partition coefficient (Wildman–Crippen LogP) is 11.5. The van der Waals surface area contributed by atoms with Crippen LogP contribution in [-0.4, -0.2) is 9.97 Å². The number of alkyl halides is 6. The van der Waals surface area contributed by atoms with Crippen LogP contribution in [0.3, 0.4) is 0 Å². The first-order valence-electron chi connectivity index (χ1n) is 14.3. The molecule has 0 aliphatic carbocycles. The molecular weight excluding hydrogens is 598 g/mol. The van der Waals surface area contributed by atoms with Gasteiger partial charge in [-0.25, -0.2) is 9.97 Å². The fourth-order valence-corrected chi connectivity index (χ4v) is 5.64. The number of nitrogens with zero attached hydrogens (tertiary/aromatic N) is 2. The van der Waals surface area contributed by atoms with E-state index in [9.17, 15) is 26.3 Å². The third kappa shape index (κ3) is 5.47. The number of pyridine rings is 2. The lowest BCUT2D eigenvalue weighted by Gasteiger charge is -2.16. The van der Waals surface area contributed by atoms with Crippen molar-refractivity contribution in [1.29, 1.82) is 0 Å². The van der Waals surface area contributed by atoms with Crippen molar-refractivity contribution < 1.29 is 26.3 Å². The highest BCUT2D eigenvalue weighted by Gasteiger charge is 2.31. The van der Waals surface area contributed by atoms with Gasteiger partial charge in [0, 0.05) is 21.9 Å². The second-order valence-corrected chi connectivity index (χ2v) is 10.9. The van der Waals surface area contributed by atoms with E-state index in [4.69, 9.17) is 9.97 Å². The minimum Gasteiger partial charge on any atom is -0.245 e. The minimum atomic E-state index is -4.48. The third-order valence-electron chi connectivity index (χ3n) is 7.94. The quantitative estimate of drug-likeness (QED) is 0.145. The van der Waals surface area contributed by atoms with E-state index in [1.54, 1.807) is 0 Å². The van der Waals surface area contributed by atoms with Crippen LogP contribution in [0, 0.1) is 0 Å². The molecule has 2 nitrogen and oxygen atoms in total. The summed E-state index contributed by atoms with van der Waals surface area (Å²) in [6, 6.07) is 36.5. The molecule has 226 valence electrons. The summed E-state index contributed by atoms with van der Waals surface area (Å²) in [5, 5.41) is 1.54. The van der Waals surface area contributed by atoms with Crippen LogP contribution in [0.25, 0.3) is 66.6 Å². The van der Waals surface area contributed by atoms with Crippen LogP contribution >= 0.6 is 0 Å². The molecule has 0 N–H and O–H groups in total. The lowest BCUT2D eigenvalue weighted by atomic mass is 9.93. The van der Waals surface area contributed by atoms with Gasteiger partial charge < -0.3 is 0 Å². The topological polar surface area (TPSA) is 25.8 Å². The van der Waals surface area contributed by atoms with Gasteiger partial charge in [0.05, 0.1) is 33.5 Å². The van der Waals surface area contributed by atoms with Crippen molar-refractivity contribution in [2.45, 2.75) is 12.4 Å². The second-order valence-electron chi connectivity index (χ2n) is 10.9. The zero-order valence-electron chi connectivity index (χ0n) is 23.9. The van der Waals surface area contributed by atoms with Gasteiger partial charge in [-0.3, -0.25) is 0 Å². The van der Waals surface area contributed by atoms with Gasteiger partial charge in [-0.05, 0) is 58.7 Å². The third-order valence-corrected chi connectivity index (χ3v) is 7.94. The number of aromatic nitrogens is 2. The van der Waals surface area contributed by atoms with E-state index in [0.717, 1.165) is 57.3 Å². The average molecular weight is 621 g/mol. The molecule has 0 radical (unpaired) electrons. The molecule has 0 unspecified atom stereocenters. The van der Waals surface area contributed by atoms with Crippen LogP contribution in [0.2, 0.25) is 0 Å². The smallest absolute Gasteiger partial charge is 0.245 e. The number of benzene rings is 5. The van der Waals surface area contributed by atoms with E-state index in [0.29, 0.717) is 33.5 Å². The van der Waals surface area contributed by atoms with Crippen molar-refractivity contribution in [1.82, 2.24) is 9.97 Å². The molecule has 0 atom stereocenters. The molecule has 46 heavy (non-hydrogen) atoms. The molecule has 0 saturated heterocycles.